The standard InChI is InChI=1S/C12H15N3O2/c1-7(2)4-10-13-11-6-8(3)5-9(12(16)17)15(11)14-10/h5-7H,4H2,1-3H3,(H,16,17). The van der Waals surface area contributed by atoms with Crippen molar-refractivity contribution < 1.29 is 9.90 Å². The predicted octanol–water partition coefficient (Wildman–Crippen LogP) is 1.93. The molecular formula is C12H15N3O2. The molecule has 0 aliphatic heterocycles. The van der Waals surface area contributed by atoms with Crippen molar-refractivity contribution in [3.63, 3.8) is 0 Å². The Labute approximate surface area is 99.1 Å². The van der Waals surface area contributed by atoms with E-state index in [1.54, 1.807) is 6.07 Å². The number of rotatable bonds is 3. The Hall–Kier alpha value is -1.91. The largest absolute Gasteiger partial charge is 0.477 e. The van der Waals surface area contributed by atoms with Gasteiger partial charge in [-0.2, -0.15) is 5.10 Å². The molecule has 5 heteroatoms. The number of fused-ring (bicyclic) bond motifs is 1. The quantitative estimate of drug-likeness (QED) is 0.879. The van der Waals surface area contributed by atoms with Crippen molar-refractivity contribution in [3.8, 4) is 0 Å². The van der Waals surface area contributed by atoms with Crippen LogP contribution in [0.25, 0.3) is 5.65 Å². The van der Waals surface area contributed by atoms with Gasteiger partial charge in [0.1, 0.15) is 0 Å². The van der Waals surface area contributed by atoms with Crippen LogP contribution < -0.4 is 0 Å². The summed E-state index contributed by atoms with van der Waals surface area (Å²) < 4.78 is 1.40. The van der Waals surface area contributed by atoms with Gasteiger partial charge in [-0.05, 0) is 30.5 Å². The van der Waals surface area contributed by atoms with Crippen molar-refractivity contribution in [2.45, 2.75) is 27.2 Å². The summed E-state index contributed by atoms with van der Waals surface area (Å²) in [5, 5.41) is 13.3. The molecule has 0 atom stereocenters. The Morgan fingerprint density at radius 1 is 1.47 bits per heavy atom. The molecule has 0 radical (unpaired) electrons. The Bertz CT molecular complexity index is 572. The highest BCUT2D eigenvalue weighted by molar-refractivity contribution is 5.86. The molecule has 2 aromatic heterocycles. The highest BCUT2D eigenvalue weighted by Crippen LogP contribution is 2.12. The van der Waals surface area contributed by atoms with Crippen molar-refractivity contribution in [2.75, 3.05) is 0 Å². The molecule has 1 N–H and O–H groups in total. The van der Waals surface area contributed by atoms with Crippen molar-refractivity contribution in [1.82, 2.24) is 14.6 Å². The number of pyridine rings is 1. The van der Waals surface area contributed by atoms with E-state index in [-0.39, 0.29) is 5.69 Å². The van der Waals surface area contributed by atoms with Crippen LogP contribution in [0, 0.1) is 12.8 Å². The van der Waals surface area contributed by atoms with Crippen LogP contribution in [0.5, 0.6) is 0 Å². The first-order valence-corrected chi connectivity index (χ1v) is 5.57. The maximum Gasteiger partial charge on any atom is 0.354 e. The molecule has 2 aromatic rings. The van der Waals surface area contributed by atoms with Crippen LogP contribution in [0.15, 0.2) is 12.1 Å². The molecule has 0 bridgehead atoms. The molecule has 0 aliphatic rings. The van der Waals surface area contributed by atoms with E-state index in [9.17, 15) is 4.79 Å². The normalized spacial score (nSPS) is 11.3. The fourth-order valence-corrected chi connectivity index (χ4v) is 1.77. The molecule has 0 saturated carbocycles. The van der Waals surface area contributed by atoms with Crippen LogP contribution in [-0.4, -0.2) is 25.7 Å². The Morgan fingerprint density at radius 3 is 2.76 bits per heavy atom. The van der Waals surface area contributed by atoms with Crippen LogP contribution in [0.1, 0.15) is 35.7 Å². The Morgan fingerprint density at radius 2 is 2.18 bits per heavy atom. The van der Waals surface area contributed by atoms with Gasteiger partial charge in [0.25, 0.3) is 0 Å². The molecule has 2 rings (SSSR count). The van der Waals surface area contributed by atoms with Gasteiger partial charge in [-0.3, -0.25) is 0 Å². The third kappa shape index (κ3) is 2.27. The summed E-state index contributed by atoms with van der Waals surface area (Å²) in [5.41, 5.74) is 1.62. The fraction of sp³-hybridized carbons (Fsp3) is 0.417. The molecule has 0 aliphatic carbocycles. The van der Waals surface area contributed by atoms with Crippen LogP contribution in [0.2, 0.25) is 0 Å². The van der Waals surface area contributed by atoms with Crippen molar-refractivity contribution in [1.29, 1.82) is 0 Å². The van der Waals surface area contributed by atoms with Gasteiger partial charge in [-0.15, -0.1) is 0 Å². The van der Waals surface area contributed by atoms with Gasteiger partial charge < -0.3 is 5.11 Å². The maximum atomic E-state index is 11.1. The number of aromatic carboxylic acids is 1. The number of aryl methyl sites for hydroxylation is 1. The molecule has 2 heterocycles. The number of carboxylic acids is 1. The summed E-state index contributed by atoms with van der Waals surface area (Å²) >= 11 is 0. The van der Waals surface area contributed by atoms with Gasteiger partial charge in [0, 0.05) is 6.42 Å². The molecule has 90 valence electrons. The number of hydrogen-bond acceptors (Lipinski definition) is 3. The first kappa shape index (κ1) is 11.6. The lowest BCUT2D eigenvalue weighted by Gasteiger charge is -2.00. The number of carboxylic acid groups (broad SMARTS) is 1. The van der Waals surface area contributed by atoms with Crippen LogP contribution in [-0.2, 0) is 6.42 Å². The van der Waals surface area contributed by atoms with E-state index in [1.807, 2.05) is 13.0 Å². The van der Waals surface area contributed by atoms with E-state index in [0.717, 1.165) is 12.0 Å². The van der Waals surface area contributed by atoms with Gasteiger partial charge in [0.2, 0.25) is 0 Å². The maximum absolute atomic E-state index is 11.1. The molecular weight excluding hydrogens is 218 g/mol. The van der Waals surface area contributed by atoms with Crippen molar-refractivity contribution in [3.05, 3.63) is 29.2 Å². The summed E-state index contributed by atoms with van der Waals surface area (Å²) in [6, 6.07) is 3.44. The lowest BCUT2D eigenvalue weighted by atomic mass is 10.1. The predicted molar refractivity (Wildman–Crippen MR) is 63.2 cm³/mol. The molecule has 0 fully saturated rings. The van der Waals surface area contributed by atoms with E-state index in [1.165, 1.54) is 4.52 Å². The summed E-state index contributed by atoms with van der Waals surface area (Å²) in [6.45, 7) is 6.01. The zero-order valence-electron chi connectivity index (χ0n) is 10.1. The van der Waals surface area contributed by atoms with Crippen LogP contribution in [0.3, 0.4) is 0 Å². The van der Waals surface area contributed by atoms with Crippen molar-refractivity contribution >= 4 is 11.6 Å². The average molecular weight is 233 g/mol. The number of carbonyl (C=O) groups is 1. The SMILES string of the molecule is Cc1cc(C(=O)O)n2nc(CC(C)C)nc2c1. The molecule has 5 nitrogen and oxygen atoms in total. The second-order valence-electron chi connectivity index (χ2n) is 4.62. The highest BCUT2D eigenvalue weighted by atomic mass is 16.4. The molecule has 0 aromatic carbocycles. The minimum atomic E-state index is -0.986. The van der Waals surface area contributed by atoms with Gasteiger partial charge in [-0.1, -0.05) is 13.8 Å². The lowest BCUT2D eigenvalue weighted by Crippen LogP contribution is -2.07. The number of hydrogen-bond donors (Lipinski definition) is 1. The zero-order valence-corrected chi connectivity index (χ0v) is 10.1. The summed E-state index contributed by atoms with van der Waals surface area (Å²) in [7, 11) is 0. The van der Waals surface area contributed by atoms with E-state index in [0.29, 0.717) is 17.4 Å². The first-order valence-electron chi connectivity index (χ1n) is 5.57. The third-order valence-corrected chi connectivity index (χ3v) is 2.44. The van der Waals surface area contributed by atoms with E-state index < -0.39 is 5.97 Å². The third-order valence-electron chi connectivity index (χ3n) is 2.44. The summed E-state index contributed by atoms with van der Waals surface area (Å²) in [6.07, 6.45) is 0.750. The van der Waals surface area contributed by atoms with Gasteiger partial charge in [0.15, 0.2) is 17.2 Å². The molecule has 0 spiro atoms. The summed E-state index contributed by atoms with van der Waals surface area (Å²) in [4.78, 5) is 15.5. The summed E-state index contributed by atoms with van der Waals surface area (Å²) in [5.74, 6) is 0.148. The molecule has 0 saturated heterocycles. The zero-order chi connectivity index (χ0) is 12.6. The molecule has 0 amide bonds. The second kappa shape index (κ2) is 4.16. The lowest BCUT2D eigenvalue weighted by molar-refractivity contribution is 0.0687. The smallest absolute Gasteiger partial charge is 0.354 e. The van der Waals surface area contributed by atoms with E-state index >= 15 is 0 Å². The second-order valence-corrected chi connectivity index (χ2v) is 4.62. The van der Waals surface area contributed by atoms with Gasteiger partial charge in [0.05, 0.1) is 0 Å². The first-order chi connectivity index (χ1) is 7.97. The fourth-order valence-electron chi connectivity index (χ4n) is 1.77. The number of nitrogens with zero attached hydrogens (tertiary/aromatic N) is 3. The highest BCUT2D eigenvalue weighted by Gasteiger charge is 2.13. The monoisotopic (exact) mass is 233 g/mol. The topological polar surface area (TPSA) is 67.5 Å². The van der Waals surface area contributed by atoms with Gasteiger partial charge >= 0.3 is 5.97 Å². The Kier molecular flexibility index (Phi) is 2.83. The van der Waals surface area contributed by atoms with Gasteiger partial charge in [-0.25, -0.2) is 14.3 Å². The molecule has 0 unspecified atom stereocenters. The van der Waals surface area contributed by atoms with E-state index in [4.69, 9.17) is 5.11 Å². The van der Waals surface area contributed by atoms with Crippen molar-refractivity contribution in [2.24, 2.45) is 5.92 Å². The van der Waals surface area contributed by atoms with Crippen LogP contribution in [0.4, 0.5) is 0 Å². The minimum absolute atomic E-state index is 0.155. The Balaban J connectivity index is 2.59. The number of aromatic nitrogens is 3. The minimum Gasteiger partial charge on any atom is -0.477 e. The molecule has 17 heavy (non-hydrogen) atoms. The average Bonchev–Trinajstić information content (AvgIpc) is 2.56. The van der Waals surface area contributed by atoms with E-state index in [2.05, 4.69) is 23.9 Å². The van der Waals surface area contributed by atoms with Crippen LogP contribution >= 0.6 is 0 Å².